The zero-order chi connectivity index (χ0) is 14.4. The van der Waals surface area contributed by atoms with Crippen molar-refractivity contribution in [1.29, 1.82) is 0 Å². The summed E-state index contributed by atoms with van der Waals surface area (Å²) >= 11 is 0. The summed E-state index contributed by atoms with van der Waals surface area (Å²) in [5.41, 5.74) is 8.42. The molecule has 5 heteroatoms. The van der Waals surface area contributed by atoms with Crippen LogP contribution in [0.5, 0.6) is 0 Å². The molecule has 0 radical (unpaired) electrons. The molecule has 4 rings (SSSR count). The molecule has 2 heterocycles. The van der Waals surface area contributed by atoms with Gasteiger partial charge in [-0.1, -0.05) is 30.3 Å². The van der Waals surface area contributed by atoms with Crippen molar-refractivity contribution in [2.45, 2.75) is 0 Å². The van der Waals surface area contributed by atoms with Crippen molar-refractivity contribution in [1.82, 2.24) is 0 Å². The molecule has 0 unspecified atom stereocenters. The van der Waals surface area contributed by atoms with E-state index in [-0.39, 0.29) is 5.91 Å². The highest BCUT2D eigenvalue weighted by Gasteiger charge is 2.22. The van der Waals surface area contributed by atoms with Crippen molar-refractivity contribution in [3.05, 3.63) is 58.1 Å². The molecule has 100 valence electrons. The van der Waals surface area contributed by atoms with E-state index in [9.17, 15) is 4.79 Å². The molecule has 2 aliphatic rings. The number of benzene rings is 2. The highest BCUT2D eigenvalue weighted by molar-refractivity contribution is 6.14. The highest BCUT2D eigenvalue weighted by Crippen LogP contribution is 2.21. The molecule has 0 atom stereocenters. The number of nitrogens with two attached hydrogens (primary N) is 1. The molecule has 21 heavy (non-hydrogen) atoms. The molecule has 0 fully saturated rings. The quantitative estimate of drug-likeness (QED) is 0.787. The number of amides is 1. The standard InChI is InChI=1S/C16H10N4O/c17-11-8-10-6-7-18-16(21)12(10)14-13(11)19-15(20-14)9-4-2-1-3-5-9/h1-8H,17H2. The molecule has 0 bridgehead atoms. The molecule has 2 N–H and O–H groups in total. The lowest BCUT2D eigenvalue weighted by Gasteiger charge is -2.05. The van der Waals surface area contributed by atoms with Gasteiger partial charge in [0.25, 0.3) is 5.91 Å². The van der Waals surface area contributed by atoms with Gasteiger partial charge in [0.2, 0.25) is 0 Å². The Morgan fingerprint density at radius 1 is 1.05 bits per heavy atom. The molecule has 5 nitrogen and oxygen atoms in total. The van der Waals surface area contributed by atoms with Crippen molar-refractivity contribution in [2.24, 2.45) is 15.0 Å². The van der Waals surface area contributed by atoms with Crippen LogP contribution < -0.4 is 16.3 Å². The minimum absolute atomic E-state index is 0.308. The molecule has 0 aromatic heterocycles. The Kier molecular flexibility index (Phi) is 2.35. The van der Waals surface area contributed by atoms with E-state index in [0.717, 1.165) is 10.8 Å². The van der Waals surface area contributed by atoms with Gasteiger partial charge in [-0.2, -0.15) is 0 Å². The van der Waals surface area contributed by atoms with Gasteiger partial charge in [-0.15, -0.1) is 0 Å². The Morgan fingerprint density at radius 2 is 1.86 bits per heavy atom. The van der Waals surface area contributed by atoms with Crippen molar-refractivity contribution < 1.29 is 4.79 Å². The normalized spacial score (nSPS) is 14.9. The number of fused-ring (bicyclic) bond motifs is 3. The van der Waals surface area contributed by atoms with E-state index >= 15 is 0 Å². The molecule has 0 saturated heterocycles. The van der Waals surface area contributed by atoms with E-state index in [4.69, 9.17) is 5.73 Å². The fraction of sp³-hybridized carbons (Fsp3) is 0. The van der Waals surface area contributed by atoms with Crippen LogP contribution in [-0.4, -0.2) is 18.0 Å². The molecular formula is C16H10N4O. The van der Waals surface area contributed by atoms with Crippen molar-refractivity contribution in [3.63, 3.8) is 0 Å². The maximum absolute atomic E-state index is 12.0. The third-order valence-corrected chi connectivity index (χ3v) is 3.46. The minimum atomic E-state index is -0.308. The zero-order valence-electron chi connectivity index (χ0n) is 10.9. The average Bonchev–Trinajstić information content (AvgIpc) is 2.94. The van der Waals surface area contributed by atoms with Gasteiger partial charge in [0.15, 0.2) is 5.84 Å². The number of aliphatic imine (C=N–C) groups is 2. The Labute approximate surface area is 119 Å². The maximum atomic E-state index is 12.0. The van der Waals surface area contributed by atoms with E-state index in [1.165, 1.54) is 6.21 Å². The number of rotatable bonds is 1. The zero-order valence-corrected chi connectivity index (χ0v) is 10.9. The molecule has 1 amide bonds. The lowest BCUT2D eigenvalue weighted by Crippen LogP contribution is -2.24. The van der Waals surface area contributed by atoms with Crippen LogP contribution in [0.2, 0.25) is 0 Å². The number of amidine groups is 1. The summed E-state index contributed by atoms with van der Waals surface area (Å²) in [4.78, 5) is 24.8. The number of nitrogen functional groups attached to an aromatic ring is 1. The van der Waals surface area contributed by atoms with Crippen LogP contribution in [0.25, 0.3) is 6.08 Å². The van der Waals surface area contributed by atoms with Gasteiger partial charge in [-0.05, 0) is 17.4 Å². The summed E-state index contributed by atoms with van der Waals surface area (Å²) < 4.78 is 0. The minimum Gasteiger partial charge on any atom is -0.397 e. The first-order valence-corrected chi connectivity index (χ1v) is 6.48. The van der Waals surface area contributed by atoms with Gasteiger partial charge in [-0.25, -0.2) is 15.0 Å². The Bertz CT molecular complexity index is 956. The fourth-order valence-corrected chi connectivity index (χ4v) is 2.49. The average molecular weight is 274 g/mol. The number of carbonyl (C=O) groups is 1. The second-order valence-electron chi connectivity index (χ2n) is 4.79. The predicted octanol–water partition coefficient (Wildman–Crippen LogP) is 0.985. The summed E-state index contributed by atoms with van der Waals surface area (Å²) in [6.45, 7) is 0. The van der Waals surface area contributed by atoms with E-state index in [1.807, 2.05) is 30.3 Å². The summed E-state index contributed by atoms with van der Waals surface area (Å²) in [6, 6.07) is 11.3. The van der Waals surface area contributed by atoms with Gasteiger partial charge in [-0.3, -0.25) is 4.79 Å². The molecule has 2 aromatic rings. The summed E-state index contributed by atoms with van der Waals surface area (Å²) in [7, 11) is 0. The second-order valence-corrected chi connectivity index (χ2v) is 4.79. The summed E-state index contributed by atoms with van der Waals surface area (Å²) in [5, 5.41) is 1.28. The summed E-state index contributed by atoms with van der Waals surface area (Å²) in [5.74, 6) is 0.255. The van der Waals surface area contributed by atoms with E-state index in [0.29, 0.717) is 28.1 Å². The Hall–Kier alpha value is -3.08. The van der Waals surface area contributed by atoms with Crippen LogP contribution in [0.4, 0.5) is 11.4 Å². The number of hydrogen-bond acceptors (Lipinski definition) is 4. The highest BCUT2D eigenvalue weighted by atomic mass is 16.1. The van der Waals surface area contributed by atoms with Crippen LogP contribution in [0.1, 0.15) is 15.9 Å². The predicted molar refractivity (Wildman–Crippen MR) is 81.6 cm³/mol. The first kappa shape index (κ1) is 11.7. The lowest BCUT2D eigenvalue weighted by atomic mass is 10.1. The molecule has 0 aliphatic carbocycles. The van der Waals surface area contributed by atoms with Crippen molar-refractivity contribution in [3.8, 4) is 0 Å². The Balaban J connectivity index is 2.01. The number of nitrogens with zero attached hydrogens (tertiary/aromatic N) is 3. The van der Waals surface area contributed by atoms with Gasteiger partial charge in [0, 0.05) is 11.8 Å². The first-order chi connectivity index (χ1) is 10.2. The van der Waals surface area contributed by atoms with Crippen LogP contribution in [0.3, 0.4) is 0 Å². The maximum Gasteiger partial charge on any atom is 0.279 e. The number of carbonyl (C=O) groups excluding carboxylic acids is 1. The van der Waals surface area contributed by atoms with Gasteiger partial charge in [0.05, 0.1) is 11.3 Å². The van der Waals surface area contributed by atoms with Gasteiger partial charge in [0.1, 0.15) is 11.0 Å². The van der Waals surface area contributed by atoms with Gasteiger partial charge >= 0.3 is 0 Å². The fourth-order valence-electron chi connectivity index (χ4n) is 2.49. The molecule has 0 saturated carbocycles. The molecule has 2 aromatic carbocycles. The van der Waals surface area contributed by atoms with Crippen LogP contribution in [0, 0.1) is 0 Å². The lowest BCUT2D eigenvalue weighted by molar-refractivity contribution is 0.100. The molecule has 2 aliphatic heterocycles. The van der Waals surface area contributed by atoms with E-state index < -0.39 is 0 Å². The second kappa shape index (κ2) is 4.21. The van der Waals surface area contributed by atoms with Crippen LogP contribution in [-0.2, 0) is 0 Å². The van der Waals surface area contributed by atoms with Crippen molar-refractivity contribution >= 4 is 35.4 Å². The molecule has 0 spiro atoms. The van der Waals surface area contributed by atoms with E-state index in [1.54, 1.807) is 12.1 Å². The summed E-state index contributed by atoms with van der Waals surface area (Å²) in [6.07, 6.45) is 3.23. The Morgan fingerprint density at radius 3 is 2.67 bits per heavy atom. The van der Waals surface area contributed by atoms with Crippen molar-refractivity contribution in [2.75, 3.05) is 5.73 Å². The smallest absolute Gasteiger partial charge is 0.279 e. The monoisotopic (exact) mass is 274 g/mol. The van der Waals surface area contributed by atoms with E-state index in [2.05, 4.69) is 15.0 Å². The third kappa shape index (κ3) is 1.71. The molecular weight excluding hydrogens is 264 g/mol. The number of hydrogen-bond donors (Lipinski definition) is 1. The SMILES string of the molecule is Nc1cc2c(c3c1=NC(c1ccccc1)=N3)C(=O)N=CC=2. The largest absolute Gasteiger partial charge is 0.397 e. The van der Waals surface area contributed by atoms with Crippen LogP contribution in [0.15, 0.2) is 51.4 Å². The third-order valence-electron chi connectivity index (χ3n) is 3.46. The van der Waals surface area contributed by atoms with Crippen LogP contribution >= 0.6 is 0 Å². The van der Waals surface area contributed by atoms with Gasteiger partial charge < -0.3 is 5.73 Å². The number of anilines is 1. The topological polar surface area (TPSA) is 80.2 Å². The first-order valence-electron chi connectivity index (χ1n) is 6.48.